The van der Waals surface area contributed by atoms with Crippen LogP contribution in [0.25, 0.3) is 0 Å². The van der Waals surface area contributed by atoms with Crippen LogP contribution in [-0.2, 0) is 27.1 Å². The maximum absolute atomic E-state index is 12.6. The molecule has 8 heteroatoms. The molecule has 0 aliphatic heterocycles. The number of hydrogen-bond donors (Lipinski definition) is 3. The molecule has 0 aliphatic carbocycles. The van der Waals surface area contributed by atoms with Gasteiger partial charge in [0.15, 0.2) is 0 Å². The Labute approximate surface area is 172 Å². The van der Waals surface area contributed by atoms with Crippen molar-refractivity contribution in [2.45, 2.75) is 32.2 Å². The minimum atomic E-state index is -3.33. The van der Waals surface area contributed by atoms with Gasteiger partial charge >= 0.3 is 0 Å². The van der Waals surface area contributed by atoms with Crippen molar-refractivity contribution in [2.24, 2.45) is 5.92 Å². The topological polar surface area (TPSA) is 104 Å². The normalized spacial score (nSPS) is 12.4. The van der Waals surface area contributed by atoms with Crippen molar-refractivity contribution in [2.75, 3.05) is 7.05 Å². The van der Waals surface area contributed by atoms with E-state index in [1.54, 1.807) is 48.5 Å². The predicted molar refractivity (Wildman–Crippen MR) is 113 cm³/mol. The fraction of sp³-hybridized carbons (Fsp3) is 0.333. The number of benzene rings is 2. The van der Waals surface area contributed by atoms with E-state index in [-0.39, 0.29) is 30.0 Å². The molecule has 0 bridgehead atoms. The Morgan fingerprint density at radius 2 is 1.52 bits per heavy atom. The Kier molecular flexibility index (Phi) is 7.92. The molecule has 1 unspecified atom stereocenters. The highest BCUT2D eigenvalue weighted by Crippen LogP contribution is 2.09. The number of hydrogen-bond acceptors (Lipinski definition) is 4. The molecule has 3 N–H and O–H groups in total. The first-order valence-corrected chi connectivity index (χ1v) is 11.0. The Morgan fingerprint density at radius 1 is 0.931 bits per heavy atom. The minimum Gasteiger partial charge on any atom is -0.350 e. The second kappa shape index (κ2) is 10.2. The van der Waals surface area contributed by atoms with Gasteiger partial charge in [-0.05, 0) is 36.2 Å². The molecule has 0 radical (unpaired) electrons. The third kappa shape index (κ3) is 6.99. The predicted octanol–water partition coefficient (Wildman–Crippen LogP) is 1.81. The molecule has 2 amide bonds. The zero-order valence-electron chi connectivity index (χ0n) is 16.8. The molecule has 7 nitrogen and oxygen atoms in total. The van der Waals surface area contributed by atoms with Crippen molar-refractivity contribution in [1.29, 1.82) is 0 Å². The zero-order chi connectivity index (χ0) is 21.4. The summed E-state index contributed by atoms with van der Waals surface area (Å²) in [5.41, 5.74) is 1.99. The van der Waals surface area contributed by atoms with Gasteiger partial charge in [-0.15, -0.1) is 0 Å². The number of amides is 2. The molecule has 2 aromatic carbocycles. The highest BCUT2D eigenvalue weighted by atomic mass is 32.2. The number of sulfonamides is 1. The zero-order valence-corrected chi connectivity index (χ0v) is 17.6. The Balaban J connectivity index is 1.95. The van der Waals surface area contributed by atoms with Crippen molar-refractivity contribution in [1.82, 2.24) is 15.4 Å². The third-order valence-electron chi connectivity index (χ3n) is 4.43. The summed E-state index contributed by atoms with van der Waals surface area (Å²) >= 11 is 0. The Morgan fingerprint density at radius 3 is 2.07 bits per heavy atom. The third-order valence-corrected chi connectivity index (χ3v) is 5.76. The molecule has 156 valence electrons. The SMILES string of the molecule is CNS(=O)(=O)Cc1ccc(CNC(=O)C(NC(=O)c2ccccc2)C(C)C)cc1. The van der Waals surface area contributed by atoms with E-state index in [1.165, 1.54) is 7.05 Å². The molecule has 0 aliphatic rings. The highest BCUT2D eigenvalue weighted by molar-refractivity contribution is 7.88. The van der Waals surface area contributed by atoms with Gasteiger partial charge < -0.3 is 10.6 Å². The Bertz CT molecular complexity index is 926. The summed E-state index contributed by atoms with van der Waals surface area (Å²) in [6.07, 6.45) is 0. The quantitative estimate of drug-likeness (QED) is 0.579. The lowest BCUT2D eigenvalue weighted by molar-refractivity contribution is -0.124. The van der Waals surface area contributed by atoms with Crippen LogP contribution < -0.4 is 15.4 Å². The van der Waals surface area contributed by atoms with Crippen LogP contribution in [0.1, 0.15) is 35.3 Å². The van der Waals surface area contributed by atoms with E-state index in [0.29, 0.717) is 11.1 Å². The summed E-state index contributed by atoms with van der Waals surface area (Å²) in [6, 6.07) is 15.1. The van der Waals surface area contributed by atoms with E-state index in [0.717, 1.165) is 5.56 Å². The van der Waals surface area contributed by atoms with Crippen LogP contribution in [0, 0.1) is 5.92 Å². The van der Waals surface area contributed by atoms with Crippen LogP contribution in [0.4, 0.5) is 0 Å². The van der Waals surface area contributed by atoms with E-state index in [4.69, 9.17) is 0 Å². The summed E-state index contributed by atoms with van der Waals surface area (Å²) in [4.78, 5) is 25.0. The van der Waals surface area contributed by atoms with Crippen LogP contribution in [-0.4, -0.2) is 33.3 Å². The molecule has 2 rings (SSSR count). The molecule has 2 aromatic rings. The second-order valence-electron chi connectivity index (χ2n) is 7.06. The molecule has 29 heavy (non-hydrogen) atoms. The molecule has 0 aromatic heterocycles. The second-order valence-corrected chi connectivity index (χ2v) is 8.99. The molecule has 0 saturated heterocycles. The first-order chi connectivity index (χ1) is 13.7. The summed E-state index contributed by atoms with van der Waals surface area (Å²) in [7, 11) is -1.95. The van der Waals surface area contributed by atoms with Gasteiger partial charge in [-0.1, -0.05) is 56.3 Å². The molecule has 1 atom stereocenters. The summed E-state index contributed by atoms with van der Waals surface area (Å²) in [6.45, 7) is 4.02. The lowest BCUT2D eigenvalue weighted by Crippen LogP contribution is -2.49. The van der Waals surface area contributed by atoms with Crippen molar-refractivity contribution in [3.05, 3.63) is 71.3 Å². The van der Waals surface area contributed by atoms with Crippen molar-refractivity contribution in [3.63, 3.8) is 0 Å². The van der Waals surface area contributed by atoms with Gasteiger partial charge in [0.05, 0.1) is 5.75 Å². The van der Waals surface area contributed by atoms with Crippen molar-refractivity contribution in [3.8, 4) is 0 Å². The van der Waals surface area contributed by atoms with Crippen molar-refractivity contribution >= 4 is 21.8 Å². The number of carbonyl (C=O) groups is 2. The summed E-state index contributed by atoms with van der Waals surface area (Å²) in [5.74, 6) is -0.755. The maximum atomic E-state index is 12.6. The molecule has 0 saturated carbocycles. The summed E-state index contributed by atoms with van der Waals surface area (Å²) in [5, 5.41) is 5.62. The smallest absolute Gasteiger partial charge is 0.251 e. The first kappa shape index (κ1) is 22.6. The average Bonchev–Trinajstić information content (AvgIpc) is 2.71. The van der Waals surface area contributed by atoms with Gasteiger partial charge in [0.1, 0.15) is 6.04 Å². The van der Waals surface area contributed by atoms with Crippen LogP contribution in [0.5, 0.6) is 0 Å². The molecule has 0 spiro atoms. The van der Waals surface area contributed by atoms with Crippen molar-refractivity contribution < 1.29 is 18.0 Å². The molecule has 0 fully saturated rings. The van der Waals surface area contributed by atoms with Gasteiger partial charge in [0.25, 0.3) is 5.91 Å². The van der Waals surface area contributed by atoms with Gasteiger partial charge in [-0.3, -0.25) is 9.59 Å². The van der Waals surface area contributed by atoms with Gasteiger partial charge in [-0.25, -0.2) is 13.1 Å². The highest BCUT2D eigenvalue weighted by Gasteiger charge is 2.24. The largest absolute Gasteiger partial charge is 0.350 e. The van der Waals surface area contributed by atoms with E-state index < -0.39 is 16.1 Å². The van der Waals surface area contributed by atoms with Gasteiger partial charge in [0, 0.05) is 12.1 Å². The van der Waals surface area contributed by atoms with Crippen LogP contribution >= 0.6 is 0 Å². The molecular formula is C21H27N3O4S. The summed E-state index contributed by atoms with van der Waals surface area (Å²) < 4.78 is 25.5. The lowest BCUT2D eigenvalue weighted by Gasteiger charge is -2.22. The van der Waals surface area contributed by atoms with E-state index in [2.05, 4.69) is 15.4 Å². The van der Waals surface area contributed by atoms with E-state index in [1.807, 2.05) is 19.9 Å². The Hall–Kier alpha value is -2.71. The van der Waals surface area contributed by atoms with Gasteiger partial charge in [-0.2, -0.15) is 0 Å². The number of rotatable bonds is 9. The lowest BCUT2D eigenvalue weighted by atomic mass is 10.0. The standard InChI is InChI=1S/C21H27N3O4S/c1-15(2)19(24-20(25)18-7-5-4-6-8-18)21(26)23-13-16-9-11-17(12-10-16)14-29(27,28)22-3/h4-12,15,19,22H,13-14H2,1-3H3,(H,23,26)(H,24,25). The molecule has 0 heterocycles. The monoisotopic (exact) mass is 417 g/mol. The van der Waals surface area contributed by atoms with E-state index >= 15 is 0 Å². The molecular weight excluding hydrogens is 390 g/mol. The van der Waals surface area contributed by atoms with Crippen LogP contribution in [0.3, 0.4) is 0 Å². The number of carbonyl (C=O) groups excluding carboxylic acids is 2. The first-order valence-electron chi connectivity index (χ1n) is 9.34. The van der Waals surface area contributed by atoms with Crippen LogP contribution in [0.2, 0.25) is 0 Å². The fourth-order valence-corrected chi connectivity index (χ4v) is 3.47. The minimum absolute atomic E-state index is 0.0863. The average molecular weight is 418 g/mol. The van der Waals surface area contributed by atoms with Gasteiger partial charge in [0.2, 0.25) is 15.9 Å². The van der Waals surface area contributed by atoms with Crippen LogP contribution in [0.15, 0.2) is 54.6 Å². The fourth-order valence-electron chi connectivity index (χ4n) is 2.69. The van der Waals surface area contributed by atoms with E-state index in [9.17, 15) is 18.0 Å². The maximum Gasteiger partial charge on any atom is 0.251 e. The number of nitrogens with one attached hydrogen (secondary N) is 3.